The van der Waals surface area contributed by atoms with Crippen LogP contribution in [0.25, 0.3) is 22.2 Å². The van der Waals surface area contributed by atoms with Crippen molar-refractivity contribution in [3.05, 3.63) is 71.8 Å². The van der Waals surface area contributed by atoms with Crippen LogP contribution in [0.5, 0.6) is 5.75 Å². The number of ether oxygens (including phenoxy) is 1. The van der Waals surface area contributed by atoms with Gasteiger partial charge < -0.3 is 19.9 Å². The highest BCUT2D eigenvalue weighted by molar-refractivity contribution is 6.11. The number of methoxy groups -OCH3 is 1. The van der Waals surface area contributed by atoms with E-state index >= 15 is 0 Å². The normalized spacial score (nSPS) is 22.9. The summed E-state index contributed by atoms with van der Waals surface area (Å²) in [4.78, 5) is 17.6. The number of carbonyl (C=O) groups is 1. The van der Waals surface area contributed by atoms with Gasteiger partial charge >= 0.3 is 0 Å². The Labute approximate surface area is 210 Å². The van der Waals surface area contributed by atoms with Gasteiger partial charge in [-0.2, -0.15) is 5.10 Å². The lowest BCUT2D eigenvalue weighted by atomic mass is 9.91. The molecule has 2 aliphatic heterocycles. The van der Waals surface area contributed by atoms with Crippen LogP contribution in [0.2, 0.25) is 0 Å². The Hall–Kier alpha value is -3.84. The summed E-state index contributed by atoms with van der Waals surface area (Å²) in [5.41, 5.74) is 7.06. The van der Waals surface area contributed by atoms with Gasteiger partial charge in [0, 0.05) is 61.5 Å². The zero-order chi connectivity index (χ0) is 24.4. The molecule has 7 heteroatoms. The van der Waals surface area contributed by atoms with Gasteiger partial charge in [0.25, 0.3) is 0 Å². The van der Waals surface area contributed by atoms with Crippen molar-refractivity contribution in [2.45, 2.75) is 17.8 Å². The van der Waals surface area contributed by atoms with Crippen LogP contribution in [0.15, 0.2) is 60.7 Å². The highest BCUT2D eigenvalue weighted by Gasteiger charge is 2.66. The third-order valence-electron chi connectivity index (χ3n) is 8.30. The summed E-state index contributed by atoms with van der Waals surface area (Å²) < 4.78 is 5.47. The van der Waals surface area contributed by atoms with E-state index in [9.17, 15) is 4.79 Å². The first-order valence-electron chi connectivity index (χ1n) is 12.6. The van der Waals surface area contributed by atoms with E-state index in [0.29, 0.717) is 0 Å². The Morgan fingerprint density at radius 3 is 2.61 bits per heavy atom. The summed E-state index contributed by atoms with van der Waals surface area (Å²) in [5.74, 6) is 1.11. The number of H-pyrrole nitrogens is 1. The molecular weight excluding hydrogens is 450 g/mol. The van der Waals surface area contributed by atoms with E-state index in [1.54, 1.807) is 12.0 Å². The number of rotatable bonds is 4. The van der Waals surface area contributed by atoms with Crippen LogP contribution in [-0.2, 0) is 10.2 Å². The topological polar surface area (TPSA) is 73.5 Å². The van der Waals surface area contributed by atoms with Crippen molar-refractivity contribution in [1.29, 1.82) is 0 Å². The largest absolute Gasteiger partial charge is 0.497 e. The zero-order valence-corrected chi connectivity index (χ0v) is 20.5. The Bertz CT molecular complexity index is 1490. The molecule has 36 heavy (non-hydrogen) atoms. The summed E-state index contributed by atoms with van der Waals surface area (Å²) in [7, 11) is 3.54. The molecule has 2 unspecified atom stereocenters. The van der Waals surface area contributed by atoms with Gasteiger partial charge in [0.2, 0.25) is 5.91 Å². The van der Waals surface area contributed by atoms with E-state index in [1.807, 2.05) is 25.2 Å². The number of benzene rings is 3. The monoisotopic (exact) mass is 479 g/mol. The second-order valence-electron chi connectivity index (χ2n) is 10.1. The second-order valence-corrected chi connectivity index (χ2v) is 10.1. The molecular formula is C29H29N5O2. The number of nitrogens with zero attached hydrogens (tertiary/aromatic N) is 3. The number of hydrogen-bond donors (Lipinski definition) is 2. The molecule has 7 nitrogen and oxygen atoms in total. The molecule has 2 atom stereocenters. The third kappa shape index (κ3) is 3.02. The van der Waals surface area contributed by atoms with Crippen LogP contribution >= 0.6 is 0 Å². The predicted molar refractivity (Wildman–Crippen MR) is 142 cm³/mol. The lowest BCUT2D eigenvalue weighted by molar-refractivity contribution is -0.120. The van der Waals surface area contributed by atoms with Crippen LogP contribution in [0, 0.1) is 0 Å². The second kappa shape index (κ2) is 7.83. The SMILES string of the molecule is COc1ccc2c(c1)C1(CC1c1ccc3c(-c4ccc(N5CCNCC5)cc4)n[nH]c3c1)C(=O)N2C. The number of aromatic nitrogens is 2. The van der Waals surface area contributed by atoms with Crippen LogP contribution in [-0.4, -0.2) is 56.4 Å². The molecule has 2 N–H and O–H groups in total. The van der Waals surface area contributed by atoms with Crippen molar-refractivity contribution in [2.24, 2.45) is 0 Å². The summed E-state index contributed by atoms with van der Waals surface area (Å²) >= 11 is 0. The maximum absolute atomic E-state index is 13.4. The molecule has 182 valence electrons. The fourth-order valence-corrected chi connectivity index (χ4v) is 6.24. The van der Waals surface area contributed by atoms with Crippen molar-refractivity contribution in [2.75, 3.05) is 50.1 Å². The molecule has 0 radical (unpaired) electrons. The number of fused-ring (bicyclic) bond motifs is 3. The zero-order valence-electron chi connectivity index (χ0n) is 20.5. The van der Waals surface area contributed by atoms with E-state index in [1.165, 1.54) is 11.3 Å². The van der Waals surface area contributed by atoms with Crippen molar-refractivity contribution in [3.63, 3.8) is 0 Å². The lowest BCUT2D eigenvalue weighted by Crippen LogP contribution is -2.43. The van der Waals surface area contributed by atoms with Gasteiger partial charge in [-0.15, -0.1) is 0 Å². The highest BCUT2D eigenvalue weighted by Crippen LogP contribution is 2.66. The lowest BCUT2D eigenvalue weighted by Gasteiger charge is -2.29. The maximum atomic E-state index is 13.4. The maximum Gasteiger partial charge on any atom is 0.238 e. The minimum Gasteiger partial charge on any atom is -0.497 e. The molecule has 1 amide bonds. The molecule has 0 bridgehead atoms. The minimum absolute atomic E-state index is 0.148. The van der Waals surface area contributed by atoms with Crippen LogP contribution in [0.3, 0.4) is 0 Å². The van der Waals surface area contributed by atoms with Crippen molar-refractivity contribution < 1.29 is 9.53 Å². The number of anilines is 2. The van der Waals surface area contributed by atoms with Crippen molar-refractivity contribution in [1.82, 2.24) is 15.5 Å². The van der Waals surface area contributed by atoms with Crippen molar-refractivity contribution >= 4 is 28.2 Å². The molecule has 3 aromatic carbocycles. The van der Waals surface area contributed by atoms with Gasteiger partial charge in [-0.3, -0.25) is 9.89 Å². The predicted octanol–water partition coefficient (Wildman–Crippen LogP) is 4.05. The van der Waals surface area contributed by atoms with E-state index < -0.39 is 5.41 Å². The number of hydrogen-bond acceptors (Lipinski definition) is 5. The van der Waals surface area contributed by atoms with Crippen LogP contribution < -0.4 is 19.9 Å². The van der Waals surface area contributed by atoms with Gasteiger partial charge in [0.05, 0.1) is 23.7 Å². The Morgan fingerprint density at radius 1 is 1.03 bits per heavy atom. The summed E-state index contributed by atoms with van der Waals surface area (Å²) in [6, 6.07) is 21.1. The fourth-order valence-electron chi connectivity index (χ4n) is 6.24. The first-order chi connectivity index (χ1) is 17.6. The van der Waals surface area contributed by atoms with Gasteiger partial charge in [0.15, 0.2) is 0 Å². The molecule has 1 aliphatic carbocycles. The fraction of sp³-hybridized carbons (Fsp3) is 0.310. The Balaban J connectivity index is 1.19. The number of likely N-dealkylation sites (N-methyl/N-ethyl adjacent to an activating group) is 1. The molecule has 4 aromatic rings. The van der Waals surface area contributed by atoms with E-state index in [4.69, 9.17) is 4.74 Å². The Morgan fingerprint density at radius 2 is 1.83 bits per heavy atom. The average Bonchev–Trinajstić information content (AvgIpc) is 3.50. The highest BCUT2D eigenvalue weighted by atomic mass is 16.5. The molecule has 3 heterocycles. The number of carbonyl (C=O) groups excluding carboxylic acids is 1. The smallest absolute Gasteiger partial charge is 0.238 e. The Kier molecular flexibility index (Phi) is 4.66. The quantitative estimate of drug-likeness (QED) is 0.462. The molecule has 1 aromatic heterocycles. The summed E-state index contributed by atoms with van der Waals surface area (Å²) in [6.45, 7) is 4.12. The number of amides is 1. The van der Waals surface area contributed by atoms with Gasteiger partial charge in [0.1, 0.15) is 5.75 Å². The van der Waals surface area contributed by atoms with E-state index in [2.05, 4.69) is 62.9 Å². The number of nitrogens with one attached hydrogen (secondary N) is 2. The molecule has 1 saturated carbocycles. The van der Waals surface area contributed by atoms with Crippen LogP contribution in [0.4, 0.5) is 11.4 Å². The van der Waals surface area contributed by atoms with Crippen LogP contribution in [0.1, 0.15) is 23.5 Å². The summed E-state index contributed by atoms with van der Waals surface area (Å²) in [5, 5.41) is 12.4. The molecule has 1 spiro atoms. The first kappa shape index (κ1) is 21.4. The summed E-state index contributed by atoms with van der Waals surface area (Å²) in [6.07, 6.45) is 0.816. The average molecular weight is 480 g/mol. The number of aromatic amines is 1. The number of piperazine rings is 1. The third-order valence-corrected chi connectivity index (χ3v) is 8.30. The van der Waals surface area contributed by atoms with E-state index in [-0.39, 0.29) is 11.8 Å². The van der Waals surface area contributed by atoms with Gasteiger partial charge in [-0.05, 0) is 53.9 Å². The van der Waals surface area contributed by atoms with Gasteiger partial charge in [-0.25, -0.2) is 0 Å². The molecule has 1 saturated heterocycles. The molecule has 3 aliphatic rings. The molecule has 7 rings (SSSR count). The molecule has 2 fully saturated rings. The van der Waals surface area contributed by atoms with Gasteiger partial charge in [-0.1, -0.05) is 24.3 Å². The van der Waals surface area contributed by atoms with Crippen molar-refractivity contribution in [3.8, 4) is 17.0 Å². The minimum atomic E-state index is -0.491. The standard InChI is InChI=1S/C29H29N5O2/c1-33-26-10-8-21(36-2)16-23(26)29(28(33)35)17-24(29)19-5-9-22-25(15-19)31-32-27(22)18-3-6-20(7-4-18)34-13-11-30-12-14-34/h3-10,15-16,24,30H,11-14,17H2,1-2H3,(H,31,32). The van der Waals surface area contributed by atoms with E-state index in [0.717, 1.165) is 71.8 Å². The first-order valence-corrected chi connectivity index (χ1v) is 12.6.